The number of phenols is 1. The van der Waals surface area contributed by atoms with Gasteiger partial charge in [-0.2, -0.15) is 5.26 Å². The van der Waals surface area contributed by atoms with Crippen molar-refractivity contribution >= 4 is 0 Å². The first-order valence-electron chi connectivity index (χ1n) is 5.52. The monoisotopic (exact) mass is 234 g/mol. The van der Waals surface area contributed by atoms with E-state index in [1.807, 2.05) is 26.0 Å². The van der Waals surface area contributed by atoms with Crippen LogP contribution in [0.2, 0.25) is 0 Å². The summed E-state index contributed by atoms with van der Waals surface area (Å²) < 4.78 is 4.93. The average Bonchev–Trinajstić information content (AvgIpc) is 2.31. The van der Waals surface area contributed by atoms with Crippen molar-refractivity contribution in [1.82, 2.24) is 5.32 Å². The fraction of sp³-hybridized carbons (Fsp3) is 0.462. The molecule has 2 N–H and O–H groups in total. The van der Waals surface area contributed by atoms with E-state index < -0.39 is 0 Å². The summed E-state index contributed by atoms with van der Waals surface area (Å²) in [6.45, 7) is 4.84. The summed E-state index contributed by atoms with van der Waals surface area (Å²) in [6.07, 6.45) is 0. The summed E-state index contributed by atoms with van der Waals surface area (Å²) in [5, 5.41) is 21.9. The molecule has 4 nitrogen and oxygen atoms in total. The number of ether oxygens (including phenoxy) is 1. The molecule has 92 valence electrons. The van der Waals surface area contributed by atoms with Gasteiger partial charge in [0.1, 0.15) is 11.8 Å². The minimum atomic E-state index is -0.372. The number of hydrogen-bond donors (Lipinski definition) is 2. The van der Waals surface area contributed by atoms with Crippen LogP contribution in [0.4, 0.5) is 0 Å². The lowest BCUT2D eigenvalue weighted by Crippen LogP contribution is -2.24. The quantitative estimate of drug-likeness (QED) is 0.763. The van der Waals surface area contributed by atoms with Crippen molar-refractivity contribution in [3.63, 3.8) is 0 Å². The van der Waals surface area contributed by atoms with Gasteiger partial charge in [-0.1, -0.05) is 0 Å². The van der Waals surface area contributed by atoms with Crippen molar-refractivity contribution in [2.24, 2.45) is 0 Å². The number of aryl methyl sites for hydroxylation is 2. The van der Waals surface area contributed by atoms with Gasteiger partial charge in [-0.05, 0) is 42.7 Å². The number of nitrogens with one attached hydrogen (secondary N) is 1. The molecule has 0 saturated carbocycles. The fourth-order valence-electron chi connectivity index (χ4n) is 1.70. The third-order valence-electron chi connectivity index (χ3n) is 2.63. The lowest BCUT2D eigenvalue weighted by molar-refractivity contribution is 0.198. The third kappa shape index (κ3) is 3.45. The number of rotatable bonds is 5. The van der Waals surface area contributed by atoms with Gasteiger partial charge in [0, 0.05) is 13.7 Å². The number of phenolic OH excluding ortho intramolecular Hbond substituents is 1. The van der Waals surface area contributed by atoms with Crippen molar-refractivity contribution in [2.75, 3.05) is 20.3 Å². The summed E-state index contributed by atoms with van der Waals surface area (Å²) in [7, 11) is 1.62. The minimum Gasteiger partial charge on any atom is -0.507 e. The Balaban J connectivity index is 2.86. The van der Waals surface area contributed by atoms with E-state index in [4.69, 9.17) is 10.00 Å². The highest BCUT2D eigenvalue weighted by Crippen LogP contribution is 2.25. The second-order valence-corrected chi connectivity index (χ2v) is 4.01. The SMILES string of the molecule is COCCNC(C#N)c1cc(C)c(O)c(C)c1. The maximum atomic E-state index is 9.68. The number of methoxy groups -OCH3 is 1. The molecule has 1 aromatic carbocycles. The third-order valence-corrected chi connectivity index (χ3v) is 2.63. The Hall–Kier alpha value is -1.57. The van der Waals surface area contributed by atoms with E-state index in [-0.39, 0.29) is 6.04 Å². The van der Waals surface area contributed by atoms with Crippen LogP contribution in [0.5, 0.6) is 5.75 Å². The number of benzene rings is 1. The second-order valence-electron chi connectivity index (χ2n) is 4.01. The van der Waals surface area contributed by atoms with E-state index in [9.17, 15) is 5.11 Å². The zero-order valence-corrected chi connectivity index (χ0v) is 10.4. The molecule has 4 heteroatoms. The van der Waals surface area contributed by atoms with Crippen LogP contribution < -0.4 is 5.32 Å². The molecule has 1 atom stereocenters. The predicted molar refractivity (Wildman–Crippen MR) is 65.8 cm³/mol. The summed E-state index contributed by atoms with van der Waals surface area (Å²) in [5.74, 6) is 0.294. The summed E-state index contributed by atoms with van der Waals surface area (Å²) in [5.41, 5.74) is 2.44. The van der Waals surface area contributed by atoms with Crippen LogP contribution in [0.3, 0.4) is 0 Å². The zero-order chi connectivity index (χ0) is 12.8. The molecule has 0 aromatic heterocycles. The van der Waals surface area contributed by atoms with E-state index in [0.29, 0.717) is 18.9 Å². The normalized spacial score (nSPS) is 12.1. The lowest BCUT2D eigenvalue weighted by Gasteiger charge is -2.14. The van der Waals surface area contributed by atoms with E-state index >= 15 is 0 Å². The Labute approximate surface area is 102 Å². The van der Waals surface area contributed by atoms with E-state index in [1.165, 1.54) is 0 Å². The molecule has 0 fully saturated rings. The predicted octanol–water partition coefficient (Wildman–Crippen LogP) is 1.81. The molecule has 17 heavy (non-hydrogen) atoms. The molecular formula is C13H18N2O2. The summed E-state index contributed by atoms with van der Waals surface area (Å²) >= 11 is 0. The van der Waals surface area contributed by atoms with E-state index in [2.05, 4.69) is 11.4 Å². The Bertz CT molecular complexity index is 401. The van der Waals surface area contributed by atoms with Crippen LogP contribution in [0.15, 0.2) is 12.1 Å². The molecule has 1 unspecified atom stereocenters. The molecule has 0 aliphatic rings. The molecule has 1 aromatic rings. The first-order chi connectivity index (χ1) is 8.10. The van der Waals surface area contributed by atoms with Gasteiger partial charge in [-0.15, -0.1) is 0 Å². The van der Waals surface area contributed by atoms with E-state index in [0.717, 1.165) is 16.7 Å². The molecule has 0 aliphatic carbocycles. The summed E-state index contributed by atoms with van der Waals surface area (Å²) in [6, 6.07) is 5.49. The molecule has 0 saturated heterocycles. The van der Waals surface area contributed by atoms with Gasteiger partial charge in [-0.25, -0.2) is 0 Å². The largest absolute Gasteiger partial charge is 0.507 e. The Morgan fingerprint density at radius 3 is 2.47 bits per heavy atom. The maximum Gasteiger partial charge on any atom is 0.121 e. The van der Waals surface area contributed by atoms with E-state index in [1.54, 1.807) is 7.11 Å². The van der Waals surface area contributed by atoms with Gasteiger partial charge in [0.25, 0.3) is 0 Å². The van der Waals surface area contributed by atoms with Crippen LogP contribution in [-0.4, -0.2) is 25.4 Å². The lowest BCUT2D eigenvalue weighted by atomic mass is 10.0. The standard InChI is InChI=1S/C13H18N2O2/c1-9-6-11(7-10(2)13(9)16)12(8-14)15-4-5-17-3/h6-7,12,15-16H,4-5H2,1-3H3. The Morgan fingerprint density at radius 2 is 2.00 bits per heavy atom. The van der Waals surface area contributed by atoms with Crippen LogP contribution in [0, 0.1) is 25.2 Å². The maximum absolute atomic E-state index is 9.68. The molecule has 0 spiro atoms. The second kappa shape index (κ2) is 6.24. The first-order valence-corrected chi connectivity index (χ1v) is 5.52. The first kappa shape index (κ1) is 13.5. The molecule has 0 bridgehead atoms. The zero-order valence-electron chi connectivity index (χ0n) is 10.4. The highest BCUT2D eigenvalue weighted by molar-refractivity contribution is 5.44. The van der Waals surface area contributed by atoms with Crippen molar-refractivity contribution in [1.29, 1.82) is 5.26 Å². The van der Waals surface area contributed by atoms with Crippen molar-refractivity contribution < 1.29 is 9.84 Å². The van der Waals surface area contributed by atoms with Gasteiger partial charge in [0.15, 0.2) is 0 Å². The van der Waals surface area contributed by atoms with Crippen molar-refractivity contribution in [3.05, 3.63) is 28.8 Å². The fourth-order valence-corrected chi connectivity index (χ4v) is 1.70. The minimum absolute atomic E-state index is 0.294. The van der Waals surface area contributed by atoms with Crippen LogP contribution in [0.1, 0.15) is 22.7 Å². The molecule has 0 heterocycles. The van der Waals surface area contributed by atoms with Crippen LogP contribution in [0.25, 0.3) is 0 Å². The van der Waals surface area contributed by atoms with Gasteiger partial charge < -0.3 is 9.84 Å². The highest BCUT2D eigenvalue weighted by Gasteiger charge is 2.12. The molecule has 0 radical (unpaired) electrons. The molecule has 0 amide bonds. The van der Waals surface area contributed by atoms with Gasteiger partial charge >= 0.3 is 0 Å². The Kier molecular flexibility index (Phi) is 4.95. The smallest absolute Gasteiger partial charge is 0.121 e. The number of hydrogen-bond acceptors (Lipinski definition) is 4. The highest BCUT2D eigenvalue weighted by atomic mass is 16.5. The van der Waals surface area contributed by atoms with Gasteiger partial charge in [0.2, 0.25) is 0 Å². The van der Waals surface area contributed by atoms with Gasteiger partial charge in [-0.3, -0.25) is 5.32 Å². The van der Waals surface area contributed by atoms with Crippen molar-refractivity contribution in [3.8, 4) is 11.8 Å². The van der Waals surface area contributed by atoms with Crippen LogP contribution >= 0.6 is 0 Å². The number of nitriles is 1. The Morgan fingerprint density at radius 1 is 1.41 bits per heavy atom. The molecule has 0 aliphatic heterocycles. The topological polar surface area (TPSA) is 65.3 Å². The average molecular weight is 234 g/mol. The summed E-state index contributed by atoms with van der Waals surface area (Å²) in [4.78, 5) is 0. The molecule has 1 rings (SSSR count). The van der Waals surface area contributed by atoms with Crippen LogP contribution in [-0.2, 0) is 4.74 Å². The van der Waals surface area contributed by atoms with Crippen molar-refractivity contribution in [2.45, 2.75) is 19.9 Å². The number of aromatic hydroxyl groups is 1. The number of nitrogens with zero attached hydrogens (tertiary/aromatic N) is 1. The van der Waals surface area contributed by atoms with Gasteiger partial charge in [0.05, 0.1) is 12.7 Å². The molecular weight excluding hydrogens is 216 g/mol.